The summed E-state index contributed by atoms with van der Waals surface area (Å²) >= 11 is 3.24. The molecule has 1 aromatic rings. The van der Waals surface area contributed by atoms with Gasteiger partial charge in [0.15, 0.2) is 0 Å². The molecule has 1 aromatic carbocycles. The van der Waals surface area contributed by atoms with Crippen molar-refractivity contribution in [3.8, 4) is 0 Å². The summed E-state index contributed by atoms with van der Waals surface area (Å²) in [6.45, 7) is 5.57. The van der Waals surface area contributed by atoms with E-state index < -0.39 is 15.6 Å². The van der Waals surface area contributed by atoms with Gasteiger partial charge in [-0.1, -0.05) is 6.07 Å². The Bertz CT molecular complexity index is 507. The van der Waals surface area contributed by atoms with Crippen LogP contribution in [0.3, 0.4) is 0 Å². The van der Waals surface area contributed by atoms with Crippen LogP contribution in [0.25, 0.3) is 0 Å². The van der Waals surface area contributed by atoms with Crippen LogP contribution in [0.4, 0.5) is 0 Å². The third-order valence-electron chi connectivity index (χ3n) is 2.09. The average molecular weight is 321 g/mol. The Morgan fingerprint density at radius 2 is 2.00 bits per heavy atom. The Labute approximate surface area is 111 Å². The summed E-state index contributed by atoms with van der Waals surface area (Å²) in [7, 11) is -3.52. The summed E-state index contributed by atoms with van der Waals surface area (Å²) in [5, 5.41) is 0. The van der Waals surface area contributed by atoms with Crippen molar-refractivity contribution in [3.63, 3.8) is 0 Å². The van der Waals surface area contributed by atoms with Crippen molar-refractivity contribution in [1.29, 1.82) is 0 Å². The van der Waals surface area contributed by atoms with E-state index in [-0.39, 0.29) is 11.4 Å². The summed E-state index contributed by atoms with van der Waals surface area (Å²) in [6.07, 6.45) is 0. The zero-order valence-electron chi connectivity index (χ0n) is 10.1. The summed E-state index contributed by atoms with van der Waals surface area (Å²) in [6, 6.07) is 5.18. The van der Waals surface area contributed by atoms with Crippen LogP contribution in [0.1, 0.15) is 19.4 Å². The Morgan fingerprint density at radius 1 is 1.41 bits per heavy atom. The van der Waals surface area contributed by atoms with Crippen molar-refractivity contribution in [2.45, 2.75) is 31.2 Å². The van der Waals surface area contributed by atoms with E-state index in [0.29, 0.717) is 4.47 Å². The third kappa shape index (κ3) is 4.39. The smallest absolute Gasteiger partial charge is 0.241 e. The second kappa shape index (κ2) is 5.06. The van der Waals surface area contributed by atoms with Gasteiger partial charge in [0.1, 0.15) is 0 Å². The number of halogens is 1. The van der Waals surface area contributed by atoms with Crippen molar-refractivity contribution < 1.29 is 8.42 Å². The Balaban J connectivity index is 3.02. The highest BCUT2D eigenvalue weighted by atomic mass is 79.9. The maximum Gasteiger partial charge on any atom is 0.241 e. The molecular formula is C11H17BrN2O2S. The highest BCUT2D eigenvalue weighted by Crippen LogP contribution is 2.22. The predicted molar refractivity (Wildman–Crippen MR) is 72.3 cm³/mol. The molecular weight excluding hydrogens is 304 g/mol. The molecule has 0 saturated heterocycles. The fourth-order valence-corrected chi connectivity index (χ4v) is 3.44. The molecule has 0 atom stereocenters. The molecule has 0 radical (unpaired) electrons. The summed E-state index contributed by atoms with van der Waals surface area (Å²) in [5.41, 5.74) is 6.06. The highest BCUT2D eigenvalue weighted by Gasteiger charge is 2.20. The first-order valence-electron chi connectivity index (χ1n) is 5.16. The maximum atomic E-state index is 12.1. The van der Waals surface area contributed by atoms with E-state index in [1.165, 1.54) is 0 Å². The summed E-state index contributed by atoms with van der Waals surface area (Å²) in [5.74, 6) is 0. The van der Waals surface area contributed by atoms with Crippen LogP contribution in [0.2, 0.25) is 0 Å². The average Bonchev–Trinajstić information content (AvgIpc) is 2.18. The molecule has 1 rings (SSSR count). The molecule has 0 saturated carbocycles. The lowest BCUT2D eigenvalue weighted by atomic mass is 10.1. The van der Waals surface area contributed by atoms with Gasteiger partial charge < -0.3 is 5.73 Å². The zero-order valence-corrected chi connectivity index (χ0v) is 12.5. The van der Waals surface area contributed by atoms with E-state index in [9.17, 15) is 8.42 Å². The van der Waals surface area contributed by atoms with E-state index in [1.54, 1.807) is 26.0 Å². The maximum absolute atomic E-state index is 12.1. The first kappa shape index (κ1) is 14.6. The minimum Gasteiger partial charge on any atom is -0.324 e. The van der Waals surface area contributed by atoms with Crippen LogP contribution in [0.5, 0.6) is 0 Å². The van der Waals surface area contributed by atoms with Crippen LogP contribution in [-0.2, 0) is 10.0 Å². The van der Waals surface area contributed by atoms with Crippen molar-refractivity contribution in [2.75, 3.05) is 6.54 Å². The van der Waals surface area contributed by atoms with E-state index in [0.717, 1.165) is 5.56 Å². The standard InChI is InChI=1S/C11H17BrN2O2S/c1-8-4-5-9(12)10(6-8)17(15,16)14-7-11(2,3)13/h4-6,14H,7,13H2,1-3H3. The van der Waals surface area contributed by atoms with Gasteiger partial charge in [0.2, 0.25) is 10.0 Å². The molecule has 0 aromatic heterocycles. The molecule has 0 spiro atoms. The second-order valence-corrected chi connectivity index (χ2v) is 7.34. The van der Waals surface area contributed by atoms with Crippen LogP contribution in [0, 0.1) is 6.92 Å². The molecule has 0 aliphatic heterocycles. The Hall–Kier alpha value is -0.430. The van der Waals surface area contributed by atoms with Crippen LogP contribution >= 0.6 is 15.9 Å². The Morgan fingerprint density at radius 3 is 2.53 bits per heavy atom. The molecule has 0 aliphatic carbocycles. The fraction of sp³-hybridized carbons (Fsp3) is 0.455. The Kier molecular flexibility index (Phi) is 4.35. The molecule has 6 heteroatoms. The number of nitrogens with two attached hydrogens (primary N) is 1. The van der Waals surface area contributed by atoms with Gasteiger partial charge in [0, 0.05) is 16.6 Å². The van der Waals surface area contributed by atoms with Gasteiger partial charge in [-0.2, -0.15) is 0 Å². The lowest BCUT2D eigenvalue weighted by Gasteiger charge is -2.19. The monoisotopic (exact) mass is 320 g/mol. The summed E-state index contributed by atoms with van der Waals surface area (Å²) in [4.78, 5) is 0.238. The first-order chi connectivity index (χ1) is 7.62. The number of hydrogen-bond acceptors (Lipinski definition) is 3. The van der Waals surface area contributed by atoms with E-state index in [4.69, 9.17) is 5.73 Å². The largest absolute Gasteiger partial charge is 0.324 e. The molecule has 17 heavy (non-hydrogen) atoms. The number of aryl methyl sites for hydroxylation is 1. The lowest BCUT2D eigenvalue weighted by Crippen LogP contribution is -2.45. The number of benzene rings is 1. The normalized spacial score (nSPS) is 12.8. The van der Waals surface area contributed by atoms with Crippen LogP contribution in [0.15, 0.2) is 27.6 Å². The van der Waals surface area contributed by atoms with Crippen LogP contribution in [-0.4, -0.2) is 20.5 Å². The third-order valence-corrected chi connectivity index (χ3v) is 4.49. The molecule has 0 heterocycles. The molecule has 0 aliphatic rings. The molecule has 0 unspecified atom stereocenters. The van der Waals surface area contributed by atoms with Gasteiger partial charge in [0.25, 0.3) is 0 Å². The van der Waals surface area contributed by atoms with Crippen molar-refractivity contribution in [3.05, 3.63) is 28.2 Å². The minimum absolute atomic E-state index is 0.190. The quantitative estimate of drug-likeness (QED) is 0.888. The van der Waals surface area contributed by atoms with E-state index in [2.05, 4.69) is 20.7 Å². The molecule has 96 valence electrons. The molecule has 3 N–H and O–H groups in total. The van der Waals surface area contributed by atoms with Gasteiger partial charge in [-0.05, 0) is 54.4 Å². The fourth-order valence-electron chi connectivity index (χ4n) is 1.18. The van der Waals surface area contributed by atoms with Gasteiger partial charge >= 0.3 is 0 Å². The SMILES string of the molecule is Cc1ccc(Br)c(S(=O)(=O)NCC(C)(C)N)c1. The van der Waals surface area contributed by atoms with Crippen molar-refractivity contribution >= 4 is 26.0 Å². The number of nitrogens with one attached hydrogen (secondary N) is 1. The summed E-state index contributed by atoms with van der Waals surface area (Å²) < 4.78 is 27.2. The second-order valence-electron chi connectivity index (χ2n) is 4.75. The highest BCUT2D eigenvalue weighted by molar-refractivity contribution is 9.10. The van der Waals surface area contributed by atoms with E-state index in [1.807, 2.05) is 13.0 Å². The van der Waals surface area contributed by atoms with Gasteiger partial charge in [-0.25, -0.2) is 13.1 Å². The number of rotatable bonds is 4. The predicted octanol–water partition coefficient (Wildman–Crippen LogP) is 1.77. The molecule has 4 nitrogen and oxygen atoms in total. The zero-order chi connectivity index (χ0) is 13.3. The van der Waals surface area contributed by atoms with Gasteiger partial charge in [0.05, 0.1) is 4.90 Å². The molecule has 0 bridgehead atoms. The topological polar surface area (TPSA) is 72.2 Å². The minimum atomic E-state index is -3.52. The van der Waals surface area contributed by atoms with Gasteiger partial charge in [-0.3, -0.25) is 0 Å². The molecule has 0 fully saturated rings. The van der Waals surface area contributed by atoms with Crippen molar-refractivity contribution in [2.24, 2.45) is 5.73 Å². The number of hydrogen-bond donors (Lipinski definition) is 2. The molecule has 0 amide bonds. The first-order valence-corrected chi connectivity index (χ1v) is 7.44. The van der Waals surface area contributed by atoms with Gasteiger partial charge in [-0.15, -0.1) is 0 Å². The lowest BCUT2D eigenvalue weighted by molar-refractivity contribution is 0.497. The van der Waals surface area contributed by atoms with E-state index >= 15 is 0 Å². The van der Waals surface area contributed by atoms with Crippen molar-refractivity contribution in [1.82, 2.24) is 4.72 Å². The van der Waals surface area contributed by atoms with Crippen LogP contribution < -0.4 is 10.5 Å². The number of sulfonamides is 1.